The Morgan fingerprint density at radius 1 is 1.11 bits per heavy atom. The summed E-state index contributed by atoms with van der Waals surface area (Å²) in [5.41, 5.74) is 1.35. The highest BCUT2D eigenvalue weighted by molar-refractivity contribution is 6.23. The van der Waals surface area contributed by atoms with Gasteiger partial charge in [-0.05, 0) is 43.9 Å². The third-order valence-corrected chi connectivity index (χ3v) is 4.85. The molecule has 0 bridgehead atoms. The van der Waals surface area contributed by atoms with Gasteiger partial charge in [-0.25, -0.2) is 0 Å². The summed E-state index contributed by atoms with van der Waals surface area (Å²) in [6, 6.07) is 4.10. The van der Waals surface area contributed by atoms with E-state index in [0.717, 1.165) is 42.8 Å². The fourth-order valence-corrected chi connectivity index (χ4v) is 3.40. The zero-order valence-electron chi connectivity index (χ0n) is 15.1. The van der Waals surface area contributed by atoms with Crippen LogP contribution in [-0.4, -0.2) is 41.1 Å². The lowest BCUT2D eigenvalue weighted by atomic mass is 10.0. The van der Waals surface area contributed by atoms with Gasteiger partial charge in [-0.15, -0.1) is 6.58 Å². The number of anilines is 1. The molecule has 0 aliphatic carbocycles. The first-order valence-electron chi connectivity index (χ1n) is 9.23. The van der Waals surface area contributed by atoms with Crippen LogP contribution < -0.4 is 10.6 Å². The number of piperidine rings is 1. The van der Waals surface area contributed by atoms with Crippen LogP contribution in [0.15, 0.2) is 30.9 Å². The van der Waals surface area contributed by atoms with Crippen molar-refractivity contribution in [3.05, 3.63) is 42.0 Å². The van der Waals surface area contributed by atoms with Gasteiger partial charge in [0.05, 0.1) is 11.1 Å². The van der Waals surface area contributed by atoms with Gasteiger partial charge in [0.25, 0.3) is 11.8 Å². The highest BCUT2D eigenvalue weighted by Crippen LogP contribution is 2.29. The number of carbonyl (C=O) groups is 4. The molecule has 4 amide bonds. The molecule has 27 heavy (non-hydrogen) atoms. The van der Waals surface area contributed by atoms with Gasteiger partial charge in [-0.3, -0.25) is 29.4 Å². The van der Waals surface area contributed by atoms with E-state index in [2.05, 4.69) is 17.2 Å². The number of hydrogen-bond donors (Lipinski definition) is 2. The van der Waals surface area contributed by atoms with Crippen molar-refractivity contribution >= 4 is 29.3 Å². The number of carbonyl (C=O) groups excluding carboxylic acids is 4. The van der Waals surface area contributed by atoms with Crippen LogP contribution in [0.4, 0.5) is 5.69 Å². The highest BCUT2D eigenvalue weighted by atomic mass is 16.2. The number of nitrogens with one attached hydrogen (secondary N) is 2. The number of allylic oxidation sites excluding steroid dienone is 1. The molecule has 142 valence electrons. The first-order chi connectivity index (χ1) is 13.0. The lowest BCUT2D eigenvalue weighted by Gasteiger charge is -2.27. The van der Waals surface area contributed by atoms with Gasteiger partial charge in [0.1, 0.15) is 6.04 Å². The average molecular weight is 369 g/mol. The number of fused-ring (bicyclic) bond motifs is 1. The summed E-state index contributed by atoms with van der Waals surface area (Å²) < 4.78 is 0. The van der Waals surface area contributed by atoms with E-state index in [1.807, 2.05) is 6.08 Å². The average Bonchev–Trinajstić information content (AvgIpc) is 2.89. The molecule has 0 aromatic heterocycles. The van der Waals surface area contributed by atoms with Crippen molar-refractivity contribution in [3.8, 4) is 0 Å². The van der Waals surface area contributed by atoms with Gasteiger partial charge in [0, 0.05) is 18.7 Å². The molecular weight excluding hydrogens is 346 g/mol. The molecule has 2 N–H and O–H groups in total. The SMILES string of the molecule is C=CCCCCCNc1ccc2c(c1)C(=O)N(C1CCC(=O)NC1=O)C2=O. The molecule has 1 aromatic rings. The van der Waals surface area contributed by atoms with Gasteiger partial charge >= 0.3 is 0 Å². The summed E-state index contributed by atoms with van der Waals surface area (Å²) in [5, 5.41) is 5.46. The maximum atomic E-state index is 12.7. The number of rotatable bonds is 8. The second kappa shape index (κ2) is 8.16. The predicted molar refractivity (Wildman–Crippen MR) is 100 cm³/mol. The standard InChI is InChI=1S/C20H23N3O4/c1-2-3-4-5-6-11-21-13-7-8-14-15(12-13)20(27)23(19(14)26)16-9-10-17(24)22-18(16)25/h2,7-8,12,16,21H,1,3-6,9-11H2,(H,22,24,25). The Morgan fingerprint density at radius 3 is 2.63 bits per heavy atom. The third kappa shape index (κ3) is 3.92. The number of nitrogens with zero attached hydrogens (tertiary/aromatic N) is 1. The molecule has 0 spiro atoms. The quantitative estimate of drug-likeness (QED) is 0.416. The smallest absolute Gasteiger partial charge is 0.262 e. The Hall–Kier alpha value is -2.96. The van der Waals surface area contributed by atoms with Crippen LogP contribution in [0.25, 0.3) is 0 Å². The Kier molecular flexibility index (Phi) is 5.69. The minimum atomic E-state index is -0.934. The molecule has 0 saturated carbocycles. The highest BCUT2D eigenvalue weighted by Gasteiger charge is 2.44. The monoisotopic (exact) mass is 369 g/mol. The van der Waals surface area contributed by atoms with Crippen molar-refractivity contribution in [1.29, 1.82) is 0 Å². The summed E-state index contributed by atoms with van der Waals surface area (Å²) in [7, 11) is 0. The topological polar surface area (TPSA) is 95.6 Å². The molecule has 1 aromatic carbocycles. The molecule has 1 saturated heterocycles. The lowest BCUT2D eigenvalue weighted by molar-refractivity contribution is -0.136. The van der Waals surface area contributed by atoms with Gasteiger partial charge < -0.3 is 5.32 Å². The molecule has 7 heteroatoms. The Balaban J connectivity index is 1.66. The van der Waals surface area contributed by atoms with Crippen LogP contribution in [0.5, 0.6) is 0 Å². The van der Waals surface area contributed by atoms with Crippen LogP contribution in [0.1, 0.15) is 59.2 Å². The van der Waals surface area contributed by atoms with Gasteiger partial charge in [-0.1, -0.05) is 12.5 Å². The van der Waals surface area contributed by atoms with Gasteiger partial charge in [0.2, 0.25) is 11.8 Å². The molecule has 1 fully saturated rings. The summed E-state index contributed by atoms with van der Waals surface area (Å²) >= 11 is 0. The minimum absolute atomic E-state index is 0.114. The van der Waals surface area contributed by atoms with Gasteiger partial charge in [-0.2, -0.15) is 0 Å². The molecule has 2 aliphatic heterocycles. The molecule has 1 atom stereocenters. The number of benzene rings is 1. The Morgan fingerprint density at radius 2 is 1.89 bits per heavy atom. The van der Waals surface area contributed by atoms with Crippen LogP contribution in [0, 0.1) is 0 Å². The fourth-order valence-electron chi connectivity index (χ4n) is 3.40. The van der Waals surface area contributed by atoms with E-state index in [9.17, 15) is 19.2 Å². The summed E-state index contributed by atoms with van der Waals surface area (Å²) in [6.07, 6.45) is 6.37. The largest absolute Gasteiger partial charge is 0.385 e. The van der Waals surface area contributed by atoms with Crippen molar-refractivity contribution in [2.75, 3.05) is 11.9 Å². The second-order valence-corrected chi connectivity index (χ2v) is 6.77. The molecule has 7 nitrogen and oxygen atoms in total. The van der Waals surface area contributed by atoms with Crippen molar-refractivity contribution in [3.63, 3.8) is 0 Å². The maximum absolute atomic E-state index is 12.7. The van der Waals surface area contributed by atoms with E-state index in [1.54, 1.807) is 18.2 Å². The van der Waals surface area contributed by atoms with E-state index in [-0.39, 0.29) is 18.7 Å². The molecule has 0 radical (unpaired) electrons. The summed E-state index contributed by atoms with van der Waals surface area (Å²) in [6.45, 7) is 4.47. The maximum Gasteiger partial charge on any atom is 0.262 e. The van der Waals surface area contributed by atoms with Crippen molar-refractivity contribution < 1.29 is 19.2 Å². The minimum Gasteiger partial charge on any atom is -0.385 e. The Bertz CT molecular complexity index is 802. The number of hydrogen-bond acceptors (Lipinski definition) is 5. The summed E-state index contributed by atoms with van der Waals surface area (Å²) in [4.78, 5) is 49.7. The van der Waals surface area contributed by atoms with Gasteiger partial charge in [0.15, 0.2) is 0 Å². The Labute approximate surface area is 157 Å². The number of unbranched alkanes of at least 4 members (excludes halogenated alkanes) is 3. The van der Waals surface area contributed by atoms with Crippen LogP contribution >= 0.6 is 0 Å². The van der Waals surface area contributed by atoms with E-state index in [4.69, 9.17) is 0 Å². The molecular formula is C20H23N3O4. The van der Waals surface area contributed by atoms with Crippen LogP contribution in [-0.2, 0) is 9.59 Å². The second-order valence-electron chi connectivity index (χ2n) is 6.77. The van der Waals surface area contributed by atoms with Crippen molar-refractivity contribution in [1.82, 2.24) is 10.2 Å². The molecule has 2 heterocycles. The van der Waals surface area contributed by atoms with Crippen LogP contribution in [0.2, 0.25) is 0 Å². The normalized spacial score (nSPS) is 19.1. The first kappa shape index (κ1) is 18.8. The first-order valence-corrected chi connectivity index (χ1v) is 9.23. The number of amides is 4. The van der Waals surface area contributed by atoms with Crippen molar-refractivity contribution in [2.24, 2.45) is 0 Å². The molecule has 1 unspecified atom stereocenters. The van der Waals surface area contributed by atoms with Crippen LogP contribution in [0.3, 0.4) is 0 Å². The summed E-state index contributed by atoms with van der Waals surface area (Å²) in [5.74, 6) is -1.95. The van der Waals surface area contributed by atoms with Crippen molar-refractivity contribution in [2.45, 2.75) is 44.6 Å². The van der Waals surface area contributed by atoms with E-state index >= 15 is 0 Å². The molecule has 3 rings (SSSR count). The zero-order valence-corrected chi connectivity index (χ0v) is 15.1. The zero-order chi connectivity index (χ0) is 19.4. The number of imide groups is 2. The van der Waals surface area contributed by atoms with E-state index in [1.165, 1.54) is 0 Å². The van der Waals surface area contributed by atoms with E-state index < -0.39 is 23.8 Å². The molecule has 2 aliphatic rings. The third-order valence-electron chi connectivity index (χ3n) is 4.85. The van der Waals surface area contributed by atoms with E-state index in [0.29, 0.717) is 11.1 Å². The lowest BCUT2D eigenvalue weighted by Crippen LogP contribution is -2.54. The fraction of sp³-hybridized carbons (Fsp3) is 0.400. The predicted octanol–water partition coefficient (Wildman–Crippen LogP) is 2.25.